The average molecular weight is 439 g/mol. The minimum Gasteiger partial charge on any atom is -0.508 e. The average Bonchev–Trinajstić information content (AvgIpc) is 2.76. The highest BCUT2D eigenvalue weighted by Gasteiger charge is 2.57. The van der Waals surface area contributed by atoms with Gasteiger partial charge < -0.3 is 14.9 Å². The summed E-state index contributed by atoms with van der Waals surface area (Å²) in [6.07, 6.45) is 10.6. The summed E-state index contributed by atoms with van der Waals surface area (Å²) < 4.78 is 5.25. The van der Waals surface area contributed by atoms with Crippen molar-refractivity contribution >= 4 is 5.97 Å². The highest BCUT2D eigenvalue weighted by molar-refractivity contribution is 5.77. The second kappa shape index (κ2) is 8.28. The topological polar surface area (TPSA) is 66.8 Å². The van der Waals surface area contributed by atoms with E-state index in [0.29, 0.717) is 30.4 Å². The molecule has 4 atom stereocenters. The van der Waals surface area contributed by atoms with Crippen LogP contribution in [0.4, 0.5) is 0 Å². The van der Waals surface area contributed by atoms with Crippen LogP contribution in [-0.4, -0.2) is 23.3 Å². The molecule has 0 unspecified atom stereocenters. The summed E-state index contributed by atoms with van der Waals surface area (Å²) in [5.74, 6) is 1.24. The zero-order valence-electron chi connectivity index (χ0n) is 20.1. The van der Waals surface area contributed by atoms with Gasteiger partial charge >= 0.3 is 5.97 Å². The number of carbonyl (C=O) groups excluding carboxylic acids is 1. The number of benzene rings is 1. The van der Waals surface area contributed by atoms with Gasteiger partial charge in [-0.1, -0.05) is 37.1 Å². The van der Waals surface area contributed by atoms with Gasteiger partial charge in [-0.3, -0.25) is 4.79 Å². The van der Waals surface area contributed by atoms with Crippen molar-refractivity contribution in [3.8, 4) is 11.5 Å². The van der Waals surface area contributed by atoms with Crippen molar-refractivity contribution in [3.63, 3.8) is 0 Å². The van der Waals surface area contributed by atoms with Crippen LogP contribution in [0.15, 0.2) is 29.9 Å². The summed E-state index contributed by atoms with van der Waals surface area (Å²) in [5.41, 5.74) is 4.75. The van der Waals surface area contributed by atoms with Gasteiger partial charge in [0.1, 0.15) is 11.5 Å². The number of phenols is 2. The SMILES string of the molecule is C=C1CC[C@@H]2[C@](C)(CCC[C@]2(C)C(=O)OC)[C@H]1CCC1=CCc2c(O)cc(C)c(O)c2C1. The lowest BCUT2D eigenvalue weighted by Crippen LogP contribution is -2.53. The van der Waals surface area contributed by atoms with Crippen molar-refractivity contribution in [2.75, 3.05) is 7.11 Å². The first-order valence-electron chi connectivity index (χ1n) is 12.1. The van der Waals surface area contributed by atoms with Crippen molar-refractivity contribution < 1.29 is 19.7 Å². The number of methoxy groups -OCH3 is 1. The number of allylic oxidation sites excluding steroid dienone is 3. The number of phenolic OH excluding ortho intramolecular Hbond substituents is 2. The number of hydrogen-bond acceptors (Lipinski definition) is 4. The molecule has 0 radical (unpaired) electrons. The van der Waals surface area contributed by atoms with E-state index < -0.39 is 5.41 Å². The Labute approximate surface area is 192 Å². The molecule has 0 saturated heterocycles. The Morgan fingerprint density at radius 1 is 1.25 bits per heavy atom. The Hall–Kier alpha value is -2.23. The minimum absolute atomic E-state index is 0.0562. The molecule has 2 saturated carbocycles. The molecular weight excluding hydrogens is 400 g/mol. The number of ether oxygens (including phenoxy) is 1. The molecule has 0 aliphatic heterocycles. The molecule has 3 aliphatic rings. The number of esters is 1. The molecule has 4 nitrogen and oxygen atoms in total. The van der Waals surface area contributed by atoms with E-state index in [4.69, 9.17) is 4.74 Å². The molecule has 174 valence electrons. The van der Waals surface area contributed by atoms with E-state index >= 15 is 0 Å². The van der Waals surface area contributed by atoms with Crippen LogP contribution in [-0.2, 0) is 22.4 Å². The maximum Gasteiger partial charge on any atom is 0.311 e. The highest BCUT2D eigenvalue weighted by atomic mass is 16.5. The monoisotopic (exact) mass is 438 g/mol. The molecule has 32 heavy (non-hydrogen) atoms. The molecule has 0 spiro atoms. The van der Waals surface area contributed by atoms with Crippen LogP contribution in [0.1, 0.15) is 75.5 Å². The van der Waals surface area contributed by atoms with Crippen molar-refractivity contribution in [2.24, 2.45) is 22.7 Å². The van der Waals surface area contributed by atoms with Gasteiger partial charge in [0.05, 0.1) is 12.5 Å². The first-order valence-corrected chi connectivity index (χ1v) is 12.1. The van der Waals surface area contributed by atoms with E-state index in [0.717, 1.165) is 61.6 Å². The molecule has 0 heterocycles. The Kier molecular flexibility index (Phi) is 5.94. The molecule has 4 rings (SSSR count). The van der Waals surface area contributed by atoms with Crippen LogP contribution in [0.2, 0.25) is 0 Å². The smallest absolute Gasteiger partial charge is 0.311 e. The van der Waals surface area contributed by atoms with Gasteiger partial charge in [0.25, 0.3) is 0 Å². The molecule has 0 aromatic heterocycles. The van der Waals surface area contributed by atoms with Gasteiger partial charge in [0, 0.05) is 11.1 Å². The third kappa shape index (κ3) is 3.56. The summed E-state index contributed by atoms with van der Waals surface area (Å²) in [7, 11) is 1.51. The number of hydrogen-bond donors (Lipinski definition) is 2. The Balaban J connectivity index is 1.54. The number of rotatable bonds is 4. The Morgan fingerprint density at radius 2 is 2.00 bits per heavy atom. The zero-order valence-corrected chi connectivity index (χ0v) is 20.1. The molecular formula is C28H38O4. The van der Waals surface area contributed by atoms with E-state index in [9.17, 15) is 15.0 Å². The lowest BCUT2D eigenvalue weighted by atomic mass is 9.46. The number of aromatic hydroxyl groups is 2. The van der Waals surface area contributed by atoms with Gasteiger partial charge in [-0.25, -0.2) is 0 Å². The van der Waals surface area contributed by atoms with E-state index in [2.05, 4.69) is 26.5 Å². The molecule has 3 aliphatic carbocycles. The third-order valence-electron chi connectivity index (χ3n) is 9.11. The normalized spacial score (nSPS) is 32.0. The fourth-order valence-electron chi connectivity index (χ4n) is 7.34. The van der Waals surface area contributed by atoms with Crippen molar-refractivity contribution in [1.29, 1.82) is 0 Å². The van der Waals surface area contributed by atoms with E-state index in [1.807, 2.05) is 6.92 Å². The lowest BCUT2D eigenvalue weighted by Gasteiger charge is -2.57. The van der Waals surface area contributed by atoms with Crippen molar-refractivity contribution in [1.82, 2.24) is 0 Å². The molecule has 4 heteroatoms. The summed E-state index contributed by atoms with van der Waals surface area (Å²) in [6, 6.07) is 1.65. The predicted molar refractivity (Wildman–Crippen MR) is 127 cm³/mol. The predicted octanol–water partition coefficient (Wildman–Crippen LogP) is 6.16. The fourth-order valence-corrected chi connectivity index (χ4v) is 7.34. The minimum atomic E-state index is -0.412. The zero-order chi connectivity index (χ0) is 23.3. The summed E-state index contributed by atoms with van der Waals surface area (Å²) in [6.45, 7) is 10.8. The van der Waals surface area contributed by atoms with Crippen molar-refractivity contribution in [3.05, 3.63) is 46.6 Å². The number of carbonyl (C=O) groups is 1. The maximum absolute atomic E-state index is 12.8. The van der Waals surface area contributed by atoms with E-state index in [-0.39, 0.29) is 17.1 Å². The van der Waals surface area contributed by atoms with Crippen LogP contribution in [0.5, 0.6) is 11.5 Å². The standard InChI is InChI=1S/C28H38O4/c1-17-7-12-24-27(3,13-6-14-28(24,4)26(31)32-5)22(17)11-9-19-8-10-20-21(16-19)25(30)18(2)15-23(20)29/h8,15,22,24,29-30H,1,6-7,9-14,16H2,2-5H3/t22-,24+,27+,28-/m0/s1. The van der Waals surface area contributed by atoms with E-state index in [1.165, 1.54) is 18.3 Å². The first kappa shape index (κ1) is 22.9. The Morgan fingerprint density at radius 3 is 2.72 bits per heavy atom. The molecule has 1 aromatic carbocycles. The first-order chi connectivity index (χ1) is 15.1. The second-order valence-electron chi connectivity index (χ2n) is 10.9. The summed E-state index contributed by atoms with van der Waals surface area (Å²) in [4.78, 5) is 12.8. The van der Waals surface area contributed by atoms with Gasteiger partial charge in [0.15, 0.2) is 0 Å². The number of aryl methyl sites for hydroxylation is 1. The molecule has 1 aromatic rings. The molecule has 2 N–H and O–H groups in total. The van der Waals surface area contributed by atoms with Gasteiger partial charge in [-0.2, -0.15) is 0 Å². The summed E-state index contributed by atoms with van der Waals surface area (Å²) in [5, 5.41) is 20.9. The second-order valence-corrected chi connectivity index (χ2v) is 10.9. The van der Waals surface area contributed by atoms with Crippen LogP contribution in [0, 0.1) is 29.6 Å². The van der Waals surface area contributed by atoms with Crippen LogP contribution in [0.25, 0.3) is 0 Å². The molecule has 2 fully saturated rings. The van der Waals surface area contributed by atoms with Crippen LogP contribution in [0.3, 0.4) is 0 Å². The highest BCUT2D eigenvalue weighted by Crippen LogP contribution is 2.62. The van der Waals surface area contributed by atoms with Crippen LogP contribution >= 0.6 is 0 Å². The maximum atomic E-state index is 12.8. The lowest BCUT2D eigenvalue weighted by molar-refractivity contribution is -0.168. The third-order valence-corrected chi connectivity index (χ3v) is 9.11. The van der Waals surface area contributed by atoms with Gasteiger partial charge in [-0.05, 0) is 94.1 Å². The fraction of sp³-hybridized carbons (Fsp3) is 0.607. The molecule has 0 amide bonds. The van der Waals surface area contributed by atoms with Gasteiger partial charge in [0.2, 0.25) is 0 Å². The van der Waals surface area contributed by atoms with Gasteiger partial charge in [-0.15, -0.1) is 0 Å². The Bertz CT molecular complexity index is 974. The number of fused-ring (bicyclic) bond motifs is 2. The molecule has 0 bridgehead atoms. The van der Waals surface area contributed by atoms with E-state index in [1.54, 1.807) is 6.07 Å². The summed E-state index contributed by atoms with van der Waals surface area (Å²) >= 11 is 0. The van der Waals surface area contributed by atoms with Crippen molar-refractivity contribution in [2.45, 2.75) is 78.6 Å². The quantitative estimate of drug-likeness (QED) is 0.335. The van der Waals surface area contributed by atoms with Crippen LogP contribution < -0.4 is 0 Å². The largest absolute Gasteiger partial charge is 0.508 e.